The molecule has 4 N–H and O–H groups in total. The van der Waals surface area contributed by atoms with Gasteiger partial charge < -0.3 is 16.4 Å². The van der Waals surface area contributed by atoms with Crippen LogP contribution in [-0.4, -0.2) is 25.2 Å². The van der Waals surface area contributed by atoms with Crippen molar-refractivity contribution in [1.82, 2.24) is 10.6 Å². The molecule has 1 unspecified atom stereocenters. The van der Waals surface area contributed by atoms with E-state index in [0.29, 0.717) is 23.4 Å². The molecule has 2 aliphatic rings. The highest BCUT2D eigenvalue weighted by Gasteiger charge is 2.58. The van der Waals surface area contributed by atoms with Gasteiger partial charge in [0, 0.05) is 19.1 Å². The molecule has 4 nitrogen and oxygen atoms in total. The van der Waals surface area contributed by atoms with E-state index in [1.807, 2.05) is 0 Å². The molecule has 0 aromatic rings. The maximum Gasteiger partial charge on any atom is 0.312 e. The smallest absolute Gasteiger partial charge is 0.312 e. The van der Waals surface area contributed by atoms with Gasteiger partial charge in [0.25, 0.3) is 0 Å². The molecule has 0 aliphatic heterocycles. The van der Waals surface area contributed by atoms with Crippen molar-refractivity contribution in [2.75, 3.05) is 13.1 Å². The van der Waals surface area contributed by atoms with Crippen LogP contribution in [-0.2, 0) is 0 Å². The first-order valence-electron chi connectivity index (χ1n) is 6.63. The largest absolute Gasteiger partial charge is 0.352 e. The maximum absolute atomic E-state index is 10.6. The maximum atomic E-state index is 10.6. The molecular formula is C13H25N3O. The lowest BCUT2D eigenvalue weighted by atomic mass is 9.68. The molecule has 2 rings (SSSR count). The van der Waals surface area contributed by atoms with E-state index in [-0.39, 0.29) is 0 Å². The molecule has 4 heteroatoms. The minimum absolute atomic E-state index is 0.375. The summed E-state index contributed by atoms with van der Waals surface area (Å²) < 4.78 is 0. The molecule has 0 heterocycles. The second-order valence-corrected chi connectivity index (χ2v) is 6.59. The van der Waals surface area contributed by atoms with Gasteiger partial charge in [0.1, 0.15) is 0 Å². The van der Waals surface area contributed by atoms with Crippen LogP contribution >= 0.6 is 0 Å². The Hall–Kier alpha value is -0.770. The Kier molecular flexibility index (Phi) is 3.10. The summed E-state index contributed by atoms with van der Waals surface area (Å²) in [4.78, 5) is 10.6. The molecular weight excluding hydrogens is 214 g/mol. The third kappa shape index (κ3) is 2.15. The number of hydrogen-bond donors (Lipinski definition) is 3. The lowest BCUT2D eigenvalue weighted by Gasteiger charge is -2.43. The Bertz CT molecular complexity index is 311. The topological polar surface area (TPSA) is 67.2 Å². The van der Waals surface area contributed by atoms with Gasteiger partial charge in [-0.25, -0.2) is 4.79 Å². The lowest BCUT2D eigenvalue weighted by Crippen LogP contribution is -2.52. The summed E-state index contributed by atoms with van der Waals surface area (Å²) in [5.74, 6) is 0.856. The van der Waals surface area contributed by atoms with E-state index in [4.69, 9.17) is 5.73 Å². The normalized spacial score (nSPS) is 38.3. The summed E-state index contributed by atoms with van der Waals surface area (Å²) >= 11 is 0. The molecule has 2 aliphatic carbocycles. The van der Waals surface area contributed by atoms with Crippen LogP contribution in [0.2, 0.25) is 0 Å². The van der Waals surface area contributed by atoms with Gasteiger partial charge in [0.15, 0.2) is 0 Å². The van der Waals surface area contributed by atoms with Crippen molar-refractivity contribution in [2.45, 2.75) is 46.1 Å². The second-order valence-electron chi connectivity index (χ2n) is 6.59. The number of carbonyl (C=O) groups excluding carboxylic acids is 1. The summed E-state index contributed by atoms with van der Waals surface area (Å²) in [6.07, 6.45) is 4.06. The van der Waals surface area contributed by atoms with Crippen molar-refractivity contribution in [2.24, 2.45) is 22.5 Å². The first-order chi connectivity index (χ1) is 7.86. The third-order valence-electron chi connectivity index (χ3n) is 5.04. The molecule has 17 heavy (non-hydrogen) atoms. The van der Waals surface area contributed by atoms with Gasteiger partial charge in [-0.05, 0) is 36.0 Å². The monoisotopic (exact) mass is 239 g/mol. The van der Waals surface area contributed by atoms with Crippen LogP contribution in [0.3, 0.4) is 0 Å². The van der Waals surface area contributed by atoms with Gasteiger partial charge in [0.05, 0.1) is 0 Å². The summed E-state index contributed by atoms with van der Waals surface area (Å²) in [6, 6.07) is 0.119. The number of nitrogens with one attached hydrogen (secondary N) is 2. The standard InChI is InChI=1S/C13H25N3O/c1-12(2)9-4-5-13(3,8-9)10(12)15-6-7-16-11(14)17/h9-10,15H,4-8H2,1-3H3,(H3,14,16,17)/t9-,10?,13+/m0/s1. The molecule has 2 fully saturated rings. The van der Waals surface area contributed by atoms with E-state index in [2.05, 4.69) is 31.4 Å². The molecule has 0 radical (unpaired) electrons. The number of primary amides is 1. The Morgan fingerprint density at radius 3 is 2.59 bits per heavy atom. The summed E-state index contributed by atoms with van der Waals surface area (Å²) in [6.45, 7) is 8.57. The number of carbonyl (C=O) groups is 1. The van der Waals surface area contributed by atoms with E-state index >= 15 is 0 Å². The predicted octanol–water partition coefficient (Wildman–Crippen LogP) is 1.46. The van der Waals surface area contributed by atoms with Crippen molar-refractivity contribution in [1.29, 1.82) is 0 Å². The van der Waals surface area contributed by atoms with E-state index in [9.17, 15) is 4.79 Å². The lowest BCUT2D eigenvalue weighted by molar-refractivity contribution is 0.110. The summed E-state index contributed by atoms with van der Waals surface area (Å²) in [7, 11) is 0. The molecule has 0 aromatic heterocycles. The van der Waals surface area contributed by atoms with Crippen LogP contribution in [0.1, 0.15) is 40.0 Å². The fraction of sp³-hybridized carbons (Fsp3) is 0.923. The number of fused-ring (bicyclic) bond motifs is 2. The average molecular weight is 239 g/mol. The minimum atomic E-state index is -0.440. The number of rotatable bonds is 4. The Morgan fingerprint density at radius 1 is 1.35 bits per heavy atom. The van der Waals surface area contributed by atoms with Gasteiger partial charge in [-0.15, -0.1) is 0 Å². The van der Waals surface area contributed by atoms with E-state index in [0.717, 1.165) is 12.5 Å². The summed E-state index contributed by atoms with van der Waals surface area (Å²) in [5.41, 5.74) is 5.87. The molecule has 0 aromatic carbocycles. The summed E-state index contributed by atoms with van der Waals surface area (Å²) in [5, 5.41) is 6.26. The fourth-order valence-corrected chi connectivity index (χ4v) is 4.21. The van der Waals surface area contributed by atoms with Crippen molar-refractivity contribution < 1.29 is 4.79 Å². The average Bonchev–Trinajstić information content (AvgIpc) is 2.67. The van der Waals surface area contributed by atoms with E-state index in [1.54, 1.807) is 0 Å². The van der Waals surface area contributed by atoms with Gasteiger partial charge in [0.2, 0.25) is 0 Å². The SMILES string of the molecule is CC1(C)C(NCCNC(N)=O)[C@]2(C)CC[C@H]1C2. The Balaban J connectivity index is 1.89. The number of nitrogens with two attached hydrogens (primary N) is 1. The van der Waals surface area contributed by atoms with Crippen LogP contribution in [0.4, 0.5) is 4.79 Å². The third-order valence-corrected chi connectivity index (χ3v) is 5.04. The molecule has 2 amide bonds. The molecule has 98 valence electrons. The van der Waals surface area contributed by atoms with E-state index < -0.39 is 6.03 Å². The number of urea groups is 1. The molecule has 2 bridgehead atoms. The highest BCUT2D eigenvalue weighted by atomic mass is 16.2. The predicted molar refractivity (Wildman–Crippen MR) is 68.6 cm³/mol. The Morgan fingerprint density at radius 2 is 2.06 bits per heavy atom. The van der Waals surface area contributed by atoms with Crippen LogP contribution in [0, 0.1) is 16.7 Å². The van der Waals surface area contributed by atoms with Gasteiger partial charge in [-0.3, -0.25) is 0 Å². The molecule has 3 atom stereocenters. The first-order valence-corrected chi connectivity index (χ1v) is 6.63. The zero-order valence-corrected chi connectivity index (χ0v) is 11.2. The Labute approximate surface area is 104 Å². The van der Waals surface area contributed by atoms with Gasteiger partial charge in [-0.1, -0.05) is 20.8 Å². The zero-order chi connectivity index (χ0) is 12.7. The van der Waals surface area contributed by atoms with Crippen molar-refractivity contribution in [3.8, 4) is 0 Å². The van der Waals surface area contributed by atoms with Crippen LogP contribution in [0.15, 0.2) is 0 Å². The van der Waals surface area contributed by atoms with Crippen LogP contribution < -0.4 is 16.4 Å². The second kappa shape index (κ2) is 4.16. The highest BCUT2D eigenvalue weighted by Crippen LogP contribution is 2.62. The first kappa shape index (κ1) is 12.7. The van der Waals surface area contributed by atoms with Gasteiger partial charge in [-0.2, -0.15) is 0 Å². The molecule has 0 saturated heterocycles. The number of hydrogen-bond acceptors (Lipinski definition) is 2. The molecule has 2 saturated carbocycles. The van der Waals surface area contributed by atoms with Crippen molar-refractivity contribution in [3.05, 3.63) is 0 Å². The highest BCUT2D eigenvalue weighted by molar-refractivity contribution is 5.71. The van der Waals surface area contributed by atoms with Crippen molar-refractivity contribution in [3.63, 3.8) is 0 Å². The van der Waals surface area contributed by atoms with Crippen LogP contribution in [0.25, 0.3) is 0 Å². The molecule has 0 spiro atoms. The minimum Gasteiger partial charge on any atom is -0.352 e. The quantitative estimate of drug-likeness (QED) is 0.650. The zero-order valence-electron chi connectivity index (χ0n) is 11.2. The van der Waals surface area contributed by atoms with Crippen LogP contribution in [0.5, 0.6) is 0 Å². The van der Waals surface area contributed by atoms with Crippen molar-refractivity contribution >= 4 is 6.03 Å². The van der Waals surface area contributed by atoms with E-state index in [1.165, 1.54) is 19.3 Å². The number of amides is 2. The fourth-order valence-electron chi connectivity index (χ4n) is 4.21. The van der Waals surface area contributed by atoms with Gasteiger partial charge >= 0.3 is 6.03 Å².